The number of alkyl halides is 1. The molecule has 0 aliphatic carbocycles. The monoisotopic (exact) mass is 277 g/mol. The number of nitrogens with zero attached hydrogens (tertiary/aromatic N) is 1. The van der Waals surface area contributed by atoms with E-state index in [-0.39, 0.29) is 5.91 Å². The maximum absolute atomic E-state index is 12.1. The fourth-order valence-electron chi connectivity index (χ4n) is 1.31. The van der Waals surface area contributed by atoms with Crippen LogP contribution in [0.3, 0.4) is 0 Å². The number of amides is 1. The molecule has 4 nitrogen and oxygen atoms in total. The fraction of sp³-hybridized carbons (Fsp3) is 0.545. The molecule has 0 atom stereocenters. The highest BCUT2D eigenvalue weighted by Gasteiger charge is 2.17. The lowest BCUT2D eigenvalue weighted by Crippen LogP contribution is -2.35. The number of carbonyl (C=O) groups is 1. The van der Waals surface area contributed by atoms with Crippen molar-refractivity contribution in [1.29, 1.82) is 0 Å². The van der Waals surface area contributed by atoms with Crippen LogP contribution in [0.1, 0.15) is 9.67 Å². The van der Waals surface area contributed by atoms with Crippen LogP contribution in [0.25, 0.3) is 0 Å². The third-order valence-electron chi connectivity index (χ3n) is 2.23. The van der Waals surface area contributed by atoms with E-state index >= 15 is 0 Å². The molecule has 17 heavy (non-hydrogen) atoms. The minimum atomic E-state index is -0.0315. The lowest BCUT2D eigenvalue weighted by Gasteiger charge is -2.20. The zero-order chi connectivity index (χ0) is 12.7. The molecule has 1 amide bonds. The highest BCUT2D eigenvalue weighted by Crippen LogP contribution is 2.22. The number of hydrogen-bond donors (Lipinski definition) is 0. The first-order valence-corrected chi connectivity index (χ1v) is 6.61. The van der Waals surface area contributed by atoms with Crippen molar-refractivity contribution in [1.82, 2.24) is 4.90 Å². The van der Waals surface area contributed by atoms with Gasteiger partial charge in [-0.2, -0.15) is 0 Å². The minimum absolute atomic E-state index is 0.0315. The smallest absolute Gasteiger partial charge is 0.264 e. The highest BCUT2D eigenvalue weighted by molar-refractivity contribution is 7.12. The molecule has 1 aromatic heterocycles. The molecule has 0 aliphatic rings. The maximum Gasteiger partial charge on any atom is 0.264 e. The van der Waals surface area contributed by atoms with Gasteiger partial charge in [0, 0.05) is 37.5 Å². The summed E-state index contributed by atoms with van der Waals surface area (Å²) in [6.07, 6.45) is 0. The number of rotatable bonds is 7. The van der Waals surface area contributed by atoms with Crippen molar-refractivity contribution in [2.45, 2.75) is 0 Å². The molecule has 1 heterocycles. The van der Waals surface area contributed by atoms with E-state index in [0.29, 0.717) is 36.2 Å². The predicted molar refractivity (Wildman–Crippen MR) is 69.4 cm³/mol. The van der Waals surface area contributed by atoms with Gasteiger partial charge in [0.2, 0.25) is 0 Å². The summed E-state index contributed by atoms with van der Waals surface area (Å²) in [6.45, 7) is 1.57. The molecule has 0 fully saturated rings. The molecule has 0 saturated heterocycles. The molecule has 0 bridgehead atoms. The van der Waals surface area contributed by atoms with E-state index in [0.717, 1.165) is 0 Å². The van der Waals surface area contributed by atoms with Gasteiger partial charge in [0.1, 0.15) is 5.75 Å². The predicted octanol–water partition coefficient (Wildman–Crippen LogP) is 2.08. The van der Waals surface area contributed by atoms with Gasteiger partial charge in [-0.1, -0.05) is 0 Å². The quantitative estimate of drug-likeness (QED) is 0.717. The molecule has 0 spiro atoms. The second-order valence-electron chi connectivity index (χ2n) is 3.32. The maximum atomic E-state index is 12.1. The first-order valence-electron chi connectivity index (χ1n) is 5.19. The number of hydrogen-bond acceptors (Lipinski definition) is 4. The van der Waals surface area contributed by atoms with E-state index < -0.39 is 0 Å². The minimum Gasteiger partial charge on any atom is -0.496 e. The van der Waals surface area contributed by atoms with Gasteiger partial charge in [0.15, 0.2) is 0 Å². The van der Waals surface area contributed by atoms with Crippen molar-refractivity contribution in [3.8, 4) is 5.75 Å². The number of thiophene rings is 1. The molecule has 96 valence electrons. The Morgan fingerprint density at radius 1 is 1.47 bits per heavy atom. The summed E-state index contributed by atoms with van der Waals surface area (Å²) in [6, 6.07) is 1.74. The highest BCUT2D eigenvalue weighted by atomic mass is 35.5. The molecule has 0 radical (unpaired) electrons. The molecule has 0 aromatic carbocycles. The van der Waals surface area contributed by atoms with Crippen molar-refractivity contribution in [2.75, 3.05) is 39.8 Å². The molecule has 1 rings (SSSR count). The molecule has 0 aliphatic heterocycles. The average Bonchev–Trinajstić information content (AvgIpc) is 2.82. The second kappa shape index (κ2) is 7.53. The Morgan fingerprint density at radius 3 is 2.76 bits per heavy atom. The van der Waals surface area contributed by atoms with Gasteiger partial charge in [-0.05, 0) is 0 Å². The van der Waals surface area contributed by atoms with Crippen molar-refractivity contribution in [3.05, 3.63) is 16.3 Å². The van der Waals surface area contributed by atoms with Crippen molar-refractivity contribution < 1.29 is 14.3 Å². The van der Waals surface area contributed by atoms with Crippen LogP contribution in [0.15, 0.2) is 11.4 Å². The molecule has 0 saturated carbocycles. The summed E-state index contributed by atoms with van der Waals surface area (Å²) in [5, 5.41) is 1.81. The lowest BCUT2D eigenvalue weighted by molar-refractivity contribution is 0.0712. The van der Waals surface area contributed by atoms with Crippen LogP contribution in [0, 0.1) is 0 Å². The van der Waals surface area contributed by atoms with Crippen LogP contribution in [-0.4, -0.2) is 50.6 Å². The summed E-state index contributed by atoms with van der Waals surface area (Å²) in [5.74, 6) is 1.09. The average molecular weight is 278 g/mol. The number of methoxy groups -OCH3 is 2. The van der Waals surface area contributed by atoms with E-state index in [9.17, 15) is 4.79 Å². The Labute approximate surface area is 110 Å². The standard InChI is InChI=1S/C11H16ClNO3S/c1-15-6-5-13(4-3-12)11(14)10-7-9(16-2)8-17-10/h7-8H,3-6H2,1-2H3. The summed E-state index contributed by atoms with van der Waals surface area (Å²) < 4.78 is 10.0. The summed E-state index contributed by atoms with van der Waals surface area (Å²) >= 11 is 7.05. The van der Waals surface area contributed by atoms with E-state index in [4.69, 9.17) is 21.1 Å². The number of halogens is 1. The zero-order valence-electron chi connectivity index (χ0n) is 9.94. The SMILES string of the molecule is COCCN(CCCl)C(=O)c1cc(OC)cs1. The van der Waals surface area contributed by atoms with E-state index in [2.05, 4.69) is 0 Å². The van der Waals surface area contributed by atoms with E-state index in [1.807, 2.05) is 5.38 Å². The summed E-state index contributed by atoms with van der Waals surface area (Å²) in [7, 11) is 3.19. The Morgan fingerprint density at radius 2 is 2.24 bits per heavy atom. The molecule has 0 N–H and O–H groups in total. The number of ether oxygens (including phenoxy) is 2. The third-order valence-corrected chi connectivity index (χ3v) is 3.29. The number of carbonyl (C=O) groups excluding carboxylic acids is 1. The van der Waals surface area contributed by atoms with Crippen molar-refractivity contribution in [2.24, 2.45) is 0 Å². The van der Waals surface area contributed by atoms with E-state index in [1.54, 1.807) is 25.2 Å². The molecular formula is C11H16ClNO3S. The Balaban J connectivity index is 2.68. The van der Waals surface area contributed by atoms with Gasteiger partial charge in [-0.15, -0.1) is 22.9 Å². The first kappa shape index (κ1) is 14.3. The molecule has 6 heteroatoms. The van der Waals surface area contributed by atoms with Crippen molar-refractivity contribution in [3.63, 3.8) is 0 Å². The third kappa shape index (κ3) is 4.18. The Hall–Kier alpha value is -0.780. The van der Waals surface area contributed by atoms with Crippen LogP contribution < -0.4 is 4.74 Å². The first-order chi connectivity index (χ1) is 8.22. The Bertz CT molecular complexity index is 356. The van der Waals surface area contributed by atoms with Crippen LogP contribution in [0.2, 0.25) is 0 Å². The van der Waals surface area contributed by atoms with Gasteiger partial charge in [0.05, 0.1) is 18.6 Å². The summed E-state index contributed by atoms with van der Waals surface area (Å²) in [4.78, 5) is 14.5. The topological polar surface area (TPSA) is 38.8 Å². The van der Waals surface area contributed by atoms with Gasteiger partial charge >= 0.3 is 0 Å². The van der Waals surface area contributed by atoms with Gasteiger partial charge in [-0.3, -0.25) is 4.79 Å². The van der Waals surface area contributed by atoms with Gasteiger partial charge in [0.25, 0.3) is 5.91 Å². The van der Waals surface area contributed by atoms with Crippen molar-refractivity contribution >= 4 is 28.8 Å². The van der Waals surface area contributed by atoms with Crippen LogP contribution in [0.4, 0.5) is 0 Å². The largest absolute Gasteiger partial charge is 0.496 e. The fourth-order valence-corrected chi connectivity index (χ4v) is 2.34. The second-order valence-corrected chi connectivity index (χ2v) is 4.61. The van der Waals surface area contributed by atoms with Crippen LogP contribution >= 0.6 is 22.9 Å². The molecule has 1 aromatic rings. The van der Waals surface area contributed by atoms with Crippen LogP contribution in [-0.2, 0) is 4.74 Å². The van der Waals surface area contributed by atoms with Gasteiger partial charge in [-0.25, -0.2) is 0 Å². The molecular weight excluding hydrogens is 262 g/mol. The zero-order valence-corrected chi connectivity index (χ0v) is 11.5. The summed E-state index contributed by atoms with van der Waals surface area (Å²) in [5.41, 5.74) is 0. The molecule has 0 unspecified atom stereocenters. The Kier molecular flexibility index (Phi) is 6.32. The van der Waals surface area contributed by atoms with E-state index in [1.165, 1.54) is 11.3 Å². The lowest BCUT2D eigenvalue weighted by atomic mass is 10.3. The normalized spacial score (nSPS) is 10.3. The van der Waals surface area contributed by atoms with Crippen LogP contribution in [0.5, 0.6) is 5.75 Å². The van der Waals surface area contributed by atoms with Gasteiger partial charge < -0.3 is 14.4 Å².